The van der Waals surface area contributed by atoms with Crippen LogP contribution in [0.15, 0.2) is 50.2 Å². The van der Waals surface area contributed by atoms with Crippen molar-refractivity contribution in [2.75, 3.05) is 12.0 Å². The van der Waals surface area contributed by atoms with E-state index in [0.29, 0.717) is 37.8 Å². The molecule has 4 rings (SSSR count). The van der Waals surface area contributed by atoms with Crippen LogP contribution in [-0.4, -0.2) is 33.2 Å². The molecule has 0 bridgehead atoms. The average molecular weight is 488 g/mol. The Balaban J connectivity index is 2.09. The molecular formula is C20H15BrFN5O4. The smallest absolute Gasteiger partial charge is 0.364 e. The number of hydrogen-bond acceptors (Lipinski definition) is 5. The summed E-state index contributed by atoms with van der Waals surface area (Å²) < 4.78 is 19.7. The Hall–Kier alpha value is -3.73. The number of fused-ring (bicyclic) bond motifs is 1. The highest BCUT2D eigenvalue weighted by atomic mass is 79.9. The maximum absolute atomic E-state index is 12.8. The molecule has 2 heterocycles. The van der Waals surface area contributed by atoms with Crippen molar-refractivity contribution in [1.82, 2.24) is 14.7 Å². The van der Waals surface area contributed by atoms with Crippen LogP contribution in [0, 0.1) is 0 Å². The van der Waals surface area contributed by atoms with Gasteiger partial charge in [0.15, 0.2) is 12.5 Å². The third kappa shape index (κ3) is 3.52. The fraction of sp³-hybridized carbons (Fsp3) is 0.100. The molecule has 2 aromatic heterocycles. The first-order valence-electron chi connectivity index (χ1n) is 8.95. The highest BCUT2D eigenvalue weighted by Crippen LogP contribution is 2.41. The lowest BCUT2D eigenvalue weighted by Gasteiger charge is -2.09. The van der Waals surface area contributed by atoms with Crippen LogP contribution in [0.1, 0.15) is 10.5 Å². The Kier molecular flexibility index (Phi) is 5.19. The number of benzene rings is 2. The first-order chi connectivity index (χ1) is 14.8. The summed E-state index contributed by atoms with van der Waals surface area (Å²) in [6.45, 7) is -1.19. The van der Waals surface area contributed by atoms with E-state index in [-0.39, 0.29) is 11.5 Å². The topological polar surface area (TPSA) is 136 Å². The molecule has 0 aliphatic rings. The predicted octanol–water partition coefficient (Wildman–Crippen LogP) is 2.96. The van der Waals surface area contributed by atoms with Gasteiger partial charge < -0.3 is 15.6 Å². The fourth-order valence-electron chi connectivity index (χ4n) is 3.64. The zero-order chi connectivity index (χ0) is 22.3. The van der Waals surface area contributed by atoms with Gasteiger partial charge in [-0.15, -0.1) is 0 Å². The van der Waals surface area contributed by atoms with Gasteiger partial charge in [-0.25, -0.2) is 9.18 Å². The third-order valence-electron chi connectivity index (χ3n) is 4.79. The highest BCUT2D eigenvalue weighted by molar-refractivity contribution is 9.10. The third-order valence-corrected chi connectivity index (χ3v) is 5.28. The molecule has 0 fully saturated rings. The van der Waals surface area contributed by atoms with E-state index in [0.717, 1.165) is 0 Å². The Morgan fingerprint density at radius 3 is 2.71 bits per heavy atom. The minimum atomic E-state index is -1.19. The van der Waals surface area contributed by atoms with Gasteiger partial charge in [0.1, 0.15) is 5.69 Å². The highest BCUT2D eigenvalue weighted by Gasteiger charge is 2.25. The zero-order valence-electron chi connectivity index (χ0n) is 16.0. The SMILES string of the molecule is Cn1c(C(N)=O)c(-c2ccc(Br)cc2-c2noc(=O)[nH]2)c2cccc(NC(=O)CF)c21. The Morgan fingerprint density at radius 1 is 1.29 bits per heavy atom. The average Bonchev–Trinajstić information content (AvgIpc) is 3.29. The second kappa shape index (κ2) is 7.84. The predicted molar refractivity (Wildman–Crippen MR) is 115 cm³/mol. The van der Waals surface area contributed by atoms with E-state index in [9.17, 15) is 18.8 Å². The van der Waals surface area contributed by atoms with E-state index >= 15 is 0 Å². The van der Waals surface area contributed by atoms with Gasteiger partial charge in [0, 0.05) is 28.0 Å². The monoisotopic (exact) mass is 487 g/mol. The summed E-state index contributed by atoms with van der Waals surface area (Å²) in [6, 6.07) is 10.2. The van der Waals surface area contributed by atoms with Crippen molar-refractivity contribution < 1.29 is 18.5 Å². The lowest BCUT2D eigenvalue weighted by molar-refractivity contribution is -0.117. The lowest BCUT2D eigenvalue weighted by Crippen LogP contribution is -2.17. The largest absolute Gasteiger partial charge is 0.439 e. The number of carbonyl (C=O) groups excluding carboxylic acids is 2. The second-order valence-corrected chi connectivity index (χ2v) is 7.58. The molecule has 0 saturated carbocycles. The second-order valence-electron chi connectivity index (χ2n) is 6.66. The van der Waals surface area contributed by atoms with Crippen LogP contribution in [0.3, 0.4) is 0 Å². The number of carbonyl (C=O) groups is 2. The molecule has 11 heteroatoms. The number of nitrogens with zero attached hydrogens (tertiary/aromatic N) is 2. The quantitative estimate of drug-likeness (QED) is 0.397. The standard InChI is InChI=1S/C20H15BrFN5O4/c1-27-16-11(3-2-4-13(16)24-14(28)8-22)15(17(27)18(23)29)10-6-5-9(21)7-12(10)19-25-20(30)31-26-19/h2-7H,8H2,1H3,(H2,23,29)(H,24,28)(H,25,26,30). The molecule has 9 nitrogen and oxygen atoms in total. The van der Waals surface area contributed by atoms with Crippen molar-refractivity contribution >= 4 is 44.3 Å². The maximum Gasteiger partial charge on any atom is 0.439 e. The van der Waals surface area contributed by atoms with Crippen LogP contribution < -0.4 is 16.8 Å². The number of rotatable bonds is 5. The lowest BCUT2D eigenvalue weighted by atomic mass is 9.96. The van der Waals surface area contributed by atoms with Gasteiger partial charge in [0.2, 0.25) is 0 Å². The number of aromatic nitrogens is 3. The molecule has 0 unspecified atom stereocenters. The number of aromatic amines is 1. The first-order valence-corrected chi connectivity index (χ1v) is 9.74. The summed E-state index contributed by atoms with van der Waals surface area (Å²) in [5.74, 6) is -2.10. The van der Waals surface area contributed by atoms with E-state index in [1.807, 2.05) is 0 Å². The van der Waals surface area contributed by atoms with Crippen molar-refractivity contribution in [2.45, 2.75) is 0 Å². The van der Waals surface area contributed by atoms with Crippen molar-refractivity contribution in [3.05, 3.63) is 57.1 Å². The maximum atomic E-state index is 12.8. The molecule has 0 aliphatic carbocycles. The van der Waals surface area contributed by atoms with Crippen molar-refractivity contribution in [1.29, 1.82) is 0 Å². The molecule has 0 aliphatic heterocycles. The van der Waals surface area contributed by atoms with Gasteiger partial charge in [0.05, 0.1) is 11.2 Å². The van der Waals surface area contributed by atoms with Crippen LogP contribution in [0.25, 0.3) is 33.4 Å². The molecule has 0 saturated heterocycles. The van der Waals surface area contributed by atoms with Gasteiger partial charge in [-0.05, 0) is 23.8 Å². The molecule has 0 radical (unpaired) electrons. The zero-order valence-corrected chi connectivity index (χ0v) is 17.6. The number of hydrogen-bond donors (Lipinski definition) is 3. The Morgan fingerprint density at radius 2 is 2.06 bits per heavy atom. The Bertz CT molecular complexity index is 1400. The van der Waals surface area contributed by atoms with Gasteiger partial charge in [0.25, 0.3) is 11.8 Å². The minimum absolute atomic E-state index is 0.159. The van der Waals surface area contributed by atoms with E-state index in [1.165, 1.54) is 4.57 Å². The molecule has 31 heavy (non-hydrogen) atoms. The molecular weight excluding hydrogens is 473 g/mol. The van der Waals surface area contributed by atoms with E-state index < -0.39 is 24.2 Å². The van der Waals surface area contributed by atoms with Crippen molar-refractivity contribution in [3.63, 3.8) is 0 Å². The number of nitrogens with one attached hydrogen (secondary N) is 2. The molecule has 4 N–H and O–H groups in total. The number of para-hydroxylation sites is 1. The summed E-state index contributed by atoms with van der Waals surface area (Å²) in [7, 11) is 1.62. The van der Waals surface area contributed by atoms with E-state index in [4.69, 9.17) is 5.73 Å². The summed E-state index contributed by atoms with van der Waals surface area (Å²) in [4.78, 5) is 38.1. The number of amides is 2. The number of nitrogens with two attached hydrogens (primary N) is 1. The molecule has 0 atom stereocenters. The minimum Gasteiger partial charge on any atom is -0.364 e. The number of aryl methyl sites for hydroxylation is 1. The Labute approximate surface area is 182 Å². The van der Waals surface area contributed by atoms with Crippen LogP contribution in [-0.2, 0) is 11.8 Å². The van der Waals surface area contributed by atoms with Crippen LogP contribution in [0.5, 0.6) is 0 Å². The molecule has 2 aromatic carbocycles. The van der Waals surface area contributed by atoms with Crippen LogP contribution in [0.4, 0.5) is 10.1 Å². The molecule has 2 amide bonds. The fourth-order valence-corrected chi connectivity index (χ4v) is 4.00. The molecule has 4 aromatic rings. The summed E-state index contributed by atoms with van der Waals surface area (Å²) in [6.07, 6.45) is 0. The van der Waals surface area contributed by atoms with Crippen molar-refractivity contribution in [2.24, 2.45) is 12.8 Å². The van der Waals surface area contributed by atoms with Gasteiger partial charge in [-0.1, -0.05) is 39.3 Å². The number of anilines is 1. The molecule has 0 spiro atoms. The van der Waals surface area contributed by atoms with Crippen LogP contribution >= 0.6 is 15.9 Å². The number of H-pyrrole nitrogens is 1. The first kappa shape index (κ1) is 20.5. The normalized spacial score (nSPS) is 11.1. The van der Waals surface area contributed by atoms with Gasteiger partial charge in [-0.3, -0.25) is 19.1 Å². The van der Waals surface area contributed by atoms with Gasteiger partial charge >= 0.3 is 5.76 Å². The number of halogens is 2. The summed E-state index contributed by atoms with van der Waals surface area (Å²) in [5, 5.41) is 6.84. The molecule has 158 valence electrons. The summed E-state index contributed by atoms with van der Waals surface area (Å²) in [5.41, 5.74) is 8.16. The van der Waals surface area contributed by atoms with E-state index in [1.54, 1.807) is 43.4 Å². The van der Waals surface area contributed by atoms with Gasteiger partial charge in [-0.2, -0.15) is 0 Å². The van der Waals surface area contributed by atoms with Crippen LogP contribution in [0.2, 0.25) is 0 Å². The van der Waals surface area contributed by atoms with E-state index in [2.05, 4.69) is 35.9 Å². The van der Waals surface area contributed by atoms with Crippen molar-refractivity contribution in [3.8, 4) is 22.5 Å². The summed E-state index contributed by atoms with van der Waals surface area (Å²) >= 11 is 3.39. The number of primary amides is 1. The number of alkyl halides is 1.